The van der Waals surface area contributed by atoms with E-state index in [0.29, 0.717) is 11.8 Å². The molecule has 0 aromatic heterocycles. The van der Waals surface area contributed by atoms with Gasteiger partial charge in [-0.2, -0.15) is 4.31 Å². The molecule has 4 nitrogen and oxygen atoms in total. The number of piperazine rings is 1. The highest BCUT2D eigenvalue weighted by Crippen LogP contribution is 2.24. The second-order valence-electron chi connectivity index (χ2n) is 5.42. The largest absolute Gasteiger partial charge is 0.367 e. The molecule has 1 fully saturated rings. The second-order valence-corrected chi connectivity index (χ2v) is 7.32. The molecule has 2 aromatic carbocycles. The molecule has 0 N–H and O–H groups in total. The molecule has 2 aromatic rings. The number of halogens is 3. The van der Waals surface area contributed by atoms with E-state index in [1.54, 1.807) is 23.1 Å². The number of sulfonamides is 1. The van der Waals surface area contributed by atoms with Crippen molar-refractivity contribution in [1.29, 1.82) is 0 Å². The van der Waals surface area contributed by atoms with Crippen molar-refractivity contribution in [2.24, 2.45) is 0 Å². The molecule has 128 valence electrons. The lowest BCUT2D eigenvalue weighted by atomic mass is 10.2. The topological polar surface area (TPSA) is 40.6 Å². The summed E-state index contributed by atoms with van der Waals surface area (Å²) in [6.07, 6.45) is 0. The third-order valence-electron chi connectivity index (χ3n) is 3.94. The van der Waals surface area contributed by atoms with Crippen LogP contribution in [-0.4, -0.2) is 38.9 Å². The van der Waals surface area contributed by atoms with E-state index in [1.807, 2.05) is 0 Å². The fourth-order valence-corrected chi connectivity index (χ4v) is 4.17. The Labute approximate surface area is 138 Å². The van der Waals surface area contributed by atoms with Crippen LogP contribution in [0.25, 0.3) is 0 Å². The van der Waals surface area contributed by atoms with Crippen molar-refractivity contribution in [2.75, 3.05) is 31.1 Å². The third-order valence-corrected chi connectivity index (χ3v) is 5.88. The standard InChI is InChI=1S/C16H15F3N2O2S/c17-12-5-6-16(14(19)11-12)24(22,23)21-9-7-20(8-10-21)15-4-2-1-3-13(15)18/h1-6,11H,7-10H2. The van der Waals surface area contributed by atoms with E-state index in [-0.39, 0.29) is 32.0 Å². The predicted octanol–water partition coefficient (Wildman–Crippen LogP) is 2.61. The molecular formula is C16H15F3N2O2S. The molecule has 0 unspecified atom stereocenters. The van der Waals surface area contributed by atoms with Crippen molar-refractivity contribution in [3.05, 3.63) is 59.9 Å². The summed E-state index contributed by atoms with van der Waals surface area (Å²) in [6, 6.07) is 8.62. The van der Waals surface area contributed by atoms with Crippen LogP contribution >= 0.6 is 0 Å². The van der Waals surface area contributed by atoms with Crippen molar-refractivity contribution in [1.82, 2.24) is 4.31 Å². The van der Waals surface area contributed by atoms with Crippen LogP contribution < -0.4 is 4.90 Å². The Kier molecular flexibility index (Phi) is 4.51. The molecule has 1 aliphatic rings. The van der Waals surface area contributed by atoms with E-state index in [2.05, 4.69) is 0 Å². The molecule has 8 heteroatoms. The first kappa shape index (κ1) is 16.8. The number of hydrogen-bond acceptors (Lipinski definition) is 3. The molecule has 0 spiro atoms. The first-order valence-electron chi connectivity index (χ1n) is 7.34. The maximum atomic E-state index is 13.8. The lowest BCUT2D eigenvalue weighted by molar-refractivity contribution is 0.380. The Bertz CT molecular complexity index is 850. The average Bonchev–Trinajstić information content (AvgIpc) is 2.55. The monoisotopic (exact) mass is 356 g/mol. The smallest absolute Gasteiger partial charge is 0.246 e. The van der Waals surface area contributed by atoms with Crippen molar-refractivity contribution in [2.45, 2.75) is 4.90 Å². The van der Waals surface area contributed by atoms with Gasteiger partial charge in [-0.05, 0) is 24.3 Å². The van der Waals surface area contributed by atoms with Gasteiger partial charge in [0, 0.05) is 32.2 Å². The highest BCUT2D eigenvalue weighted by atomic mass is 32.2. The number of benzene rings is 2. The van der Waals surface area contributed by atoms with Crippen molar-refractivity contribution >= 4 is 15.7 Å². The molecule has 0 atom stereocenters. The number of nitrogens with zero attached hydrogens (tertiary/aromatic N) is 2. The van der Waals surface area contributed by atoms with E-state index < -0.39 is 26.6 Å². The van der Waals surface area contributed by atoms with E-state index >= 15 is 0 Å². The maximum Gasteiger partial charge on any atom is 0.246 e. The Hall–Kier alpha value is -2.06. The normalized spacial score (nSPS) is 16.4. The molecule has 0 radical (unpaired) electrons. The van der Waals surface area contributed by atoms with Gasteiger partial charge in [0.15, 0.2) is 0 Å². The van der Waals surface area contributed by atoms with Gasteiger partial charge in [0.25, 0.3) is 0 Å². The van der Waals surface area contributed by atoms with Gasteiger partial charge in [0.2, 0.25) is 10.0 Å². The van der Waals surface area contributed by atoms with E-state index in [0.717, 1.165) is 16.4 Å². The molecule has 1 aliphatic heterocycles. The minimum Gasteiger partial charge on any atom is -0.367 e. The van der Waals surface area contributed by atoms with Crippen LogP contribution in [0.1, 0.15) is 0 Å². The Morgan fingerprint density at radius 3 is 2.12 bits per heavy atom. The second kappa shape index (κ2) is 6.45. The SMILES string of the molecule is O=S(=O)(c1ccc(F)cc1F)N1CCN(c2ccccc2F)CC1. The van der Waals surface area contributed by atoms with Gasteiger partial charge in [0.05, 0.1) is 5.69 Å². The van der Waals surface area contributed by atoms with Crippen LogP contribution in [-0.2, 0) is 10.0 Å². The molecule has 0 bridgehead atoms. The van der Waals surface area contributed by atoms with Gasteiger partial charge in [-0.1, -0.05) is 12.1 Å². The summed E-state index contributed by atoms with van der Waals surface area (Å²) < 4.78 is 66.7. The summed E-state index contributed by atoms with van der Waals surface area (Å²) in [7, 11) is -4.05. The van der Waals surface area contributed by atoms with Crippen LogP contribution in [0.3, 0.4) is 0 Å². The van der Waals surface area contributed by atoms with Crippen LogP contribution in [0.15, 0.2) is 47.4 Å². The Morgan fingerprint density at radius 2 is 1.50 bits per heavy atom. The average molecular weight is 356 g/mol. The van der Waals surface area contributed by atoms with E-state index in [1.165, 1.54) is 6.07 Å². The fourth-order valence-electron chi connectivity index (χ4n) is 2.70. The van der Waals surface area contributed by atoms with Crippen molar-refractivity contribution in [3.63, 3.8) is 0 Å². The highest BCUT2D eigenvalue weighted by Gasteiger charge is 2.31. The highest BCUT2D eigenvalue weighted by molar-refractivity contribution is 7.89. The number of anilines is 1. The molecule has 0 saturated carbocycles. The lowest BCUT2D eigenvalue weighted by Crippen LogP contribution is -2.49. The van der Waals surface area contributed by atoms with Gasteiger partial charge in [-0.3, -0.25) is 0 Å². The third kappa shape index (κ3) is 3.11. The first-order valence-corrected chi connectivity index (χ1v) is 8.78. The molecule has 0 aliphatic carbocycles. The summed E-state index contributed by atoms with van der Waals surface area (Å²) in [4.78, 5) is 1.19. The summed E-state index contributed by atoms with van der Waals surface area (Å²) in [5.74, 6) is -2.33. The van der Waals surface area contributed by atoms with Crippen LogP contribution in [0.2, 0.25) is 0 Å². The van der Waals surface area contributed by atoms with E-state index in [9.17, 15) is 21.6 Å². The minimum absolute atomic E-state index is 0.0908. The van der Waals surface area contributed by atoms with Gasteiger partial charge >= 0.3 is 0 Å². The first-order chi connectivity index (χ1) is 11.4. The molecule has 1 saturated heterocycles. The Morgan fingerprint density at radius 1 is 0.833 bits per heavy atom. The zero-order valence-electron chi connectivity index (χ0n) is 12.6. The predicted molar refractivity (Wildman–Crippen MR) is 83.7 cm³/mol. The summed E-state index contributed by atoms with van der Waals surface area (Å²) in [6.45, 7) is 0.743. The van der Waals surface area contributed by atoms with Crippen molar-refractivity contribution < 1.29 is 21.6 Å². The van der Waals surface area contributed by atoms with Crippen molar-refractivity contribution in [3.8, 4) is 0 Å². The van der Waals surface area contributed by atoms with Crippen LogP contribution in [0.5, 0.6) is 0 Å². The number of para-hydroxylation sites is 1. The molecular weight excluding hydrogens is 341 g/mol. The van der Waals surface area contributed by atoms with Crippen LogP contribution in [0, 0.1) is 17.5 Å². The maximum absolute atomic E-state index is 13.8. The van der Waals surface area contributed by atoms with Gasteiger partial charge < -0.3 is 4.90 Å². The van der Waals surface area contributed by atoms with Gasteiger partial charge in [-0.25, -0.2) is 21.6 Å². The summed E-state index contributed by atoms with van der Waals surface area (Å²) in [5, 5.41) is 0. The summed E-state index contributed by atoms with van der Waals surface area (Å²) in [5.41, 5.74) is 0.405. The van der Waals surface area contributed by atoms with Gasteiger partial charge in [0.1, 0.15) is 22.3 Å². The quantitative estimate of drug-likeness (QED) is 0.849. The minimum atomic E-state index is -4.05. The summed E-state index contributed by atoms with van der Waals surface area (Å²) >= 11 is 0. The molecule has 0 amide bonds. The zero-order chi connectivity index (χ0) is 17.3. The molecule has 1 heterocycles. The zero-order valence-corrected chi connectivity index (χ0v) is 13.4. The van der Waals surface area contributed by atoms with E-state index in [4.69, 9.17) is 0 Å². The van der Waals surface area contributed by atoms with Gasteiger partial charge in [-0.15, -0.1) is 0 Å². The number of rotatable bonds is 3. The van der Waals surface area contributed by atoms with Crippen LogP contribution in [0.4, 0.5) is 18.9 Å². The fraction of sp³-hybridized carbons (Fsp3) is 0.250. The molecule has 3 rings (SSSR count). The lowest BCUT2D eigenvalue weighted by Gasteiger charge is -2.35. The number of hydrogen-bond donors (Lipinski definition) is 0. The molecule has 24 heavy (non-hydrogen) atoms. The Balaban J connectivity index is 1.78.